The van der Waals surface area contributed by atoms with Gasteiger partial charge in [0.25, 0.3) is 0 Å². The fourth-order valence-electron chi connectivity index (χ4n) is 7.30. The second-order valence-corrected chi connectivity index (χ2v) is 12.7. The Hall–Kier alpha value is -6.58. The molecule has 3 nitrogen and oxygen atoms in total. The lowest BCUT2D eigenvalue weighted by Gasteiger charge is -2.13. The number of hydrogen-bond acceptors (Lipinski definition) is 2. The number of aromatic nitrogens is 3. The fourth-order valence-corrected chi connectivity index (χ4v) is 7.30. The van der Waals surface area contributed by atoms with Crippen molar-refractivity contribution in [3.8, 4) is 39.3 Å². The number of fused-ring (bicyclic) bond motifs is 6. The van der Waals surface area contributed by atoms with E-state index in [-0.39, 0.29) is 0 Å². The first kappa shape index (κ1) is 27.5. The highest BCUT2D eigenvalue weighted by Crippen LogP contribution is 2.38. The Bertz CT molecular complexity index is 2870. The minimum absolute atomic E-state index is 0.878. The summed E-state index contributed by atoms with van der Waals surface area (Å²) in [5, 5.41) is 7.44. The molecular formula is C46H29N3. The Morgan fingerprint density at radius 1 is 0.327 bits per heavy atom. The third kappa shape index (κ3) is 4.59. The van der Waals surface area contributed by atoms with Crippen molar-refractivity contribution in [1.82, 2.24) is 14.5 Å². The normalized spacial score (nSPS) is 11.7. The van der Waals surface area contributed by atoms with E-state index in [0.29, 0.717) is 0 Å². The van der Waals surface area contributed by atoms with Crippen LogP contribution in [0.15, 0.2) is 176 Å². The van der Waals surface area contributed by atoms with Crippen molar-refractivity contribution in [2.75, 3.05) is 0 Å². The number of hydrogen-bond donors (Lipinski definition) is 0. The summed E-state index contributed by atoms with van der Waals surface area (Å²) in [6.45, 7) is 0. The van der Waals surface area contributed by atoms with E-state index in [9.17, 15) is 0 Å². The molecule has 0 atom stereocenters. The fraction of sp³-hybridized carbons (Fsp3) is 0. The number of rotatable bonds is 4. The van der Waals surface area contributed by atoms with Crippen molar-refractivity contribution in [2.24, 2.45) is 0 Å². The van der Waals surface area contributed by atoms with Gasteiger partial charge in [0, 0.05) is 27.6 Å². The van der Waals surface area contributed by atoms with E-state index < -0.39 is 0 Å². The van der Waals surface area contributed by atoms with E-state index >= 15 is 0 Å². The Balaban J connectivity index is 1.18. The lowest BCUT2D eigenvalue weighted by Crippen LogP contribution is -1.97. The first-order valence-electron chi connectivity index (χ1n) is 16.7. The van der Waals surface area contributed by atoms with Crippen LogP contribution in [0.25, 0.3) is 93.7 Å². The maximum atomic E-state index is 5.15. The Kier molecular flexibility index (Phi) is 6.18. The third-order valence-electron chi connectivity index (χ3n) is 9.73. The van der Waals surface area contributed by atoms with E-state index in [1.807, 2.05) is 30.3 Å². The average molecular weight is 624 g/mol. The molecule has 0 amide bonds. The zero-order chi connectivity index (χ0) is 32.3. The van der Waals surface area contributed by atoms with Crippen LogP contribution in [-0.2, 0) is 0 Å². The first-order valence-corrected chi connectivity index (χ1v) is 16.7. The summed E-state index contributed by atoms with van der Waals surface area (Å²) in [5.74, 6) is 0. The molecule has 0 N–H and O–H groups in total. The smallest absolute Gasteiger partial charge is 0.0973 e. The Morgan fingerprint density at radius 2 is 0.837 bits per heavy atom. The molecule has 0 aliphatic rings. The summed E-state index contributed by atoms with van der Waals surface area (Å²) in [6, 6.07) is 62.7. The summed E-state index contributed by atoms with van der Waals surface area (Å²) in [6.07, 6.45) is 0. The van der Waals surface area contributed by atoms with Crippen LogP contribution >= 0.6 is 0 Å². The molecule has 2 heterocycles. The van der Waals surface area contributed by atoms with Gasteiger partial charge in [-0.05, 0) is 81.2 Å². The molecule has 0 aliphatic heterocycles. The molecular weight excluding hydrogens is 595 g/mol. The number of nitrogens with zero attached hydrogens (tertiary/aromatic N) is 3. The van der Waals surface area contributed by atoms with Gasteiger partial charge in [-0.1, -0.05) is 127 Å². The summed E-state index contributed by atoms with van der Waals surface area (Å²) in [4.78, 5) is 10.2. The largest absolute Gasteiger partial charge is 0.309 e. The van der Waals surface area contributed by atoms with E-state index in [2.05, 4.69) is 150 Å². The predicted molar refractivity (Wildman–Crippen MR) is 205 cm³/mol. The molecule has 0 aliphatic carbocycles. The highest BCUT2D eigenvalue weighted by Gasteiger charge is 2.17. The van der Waals surface area contributed by atoms with Gasteiger partial charge in [0.1, 0.15) is 0 Å². The molecule has 2 aromatic heterocycles. The van der Waals surface area contributed by atoms with Gasteiger partial charge >= 0.3 is 0 Å². The molecule has 10 rings (SSSR count). The van der Waals surface area contributed by atoms with Crippen LogP contribution in [0.3, 0.4) is 0 Å². The van der Waals surface area contributed by atoms with Crippen molar-refractivity contribution in [2.45, 2.75) is 0 Å². The van der Waals surface area contributed by atoms with Gasteiger partial charge < -0.3 is 4.57 Å². The SMILES string of the molecule is c1ccc(-c2nc3ccccc3nc2-c2ccc(-n3c4cc(-c5ccc6ccccc6c5)ccc4c4cc5ccccc5cc43)cc2)cc1. The quantitative estimate of drug-likeness (QED) is 0.195. The maximum Gasteiger partial charge on any atom is 0.0973 e. The van der Waals surface area contributed by atoms with Crippen LogP contribution < -0.4 is 0 Å². The van der Waals surface area contributed by atoms with Crippen molar-refractivity contribution in [3.63, 3.8) is 0 Å². The van der Waals surface area contributed by atoms with E-state index in [1.54, 1.807) is 0 Å². The molecule has 49 heavy (non-hydrogen) atoms. The van der Waals surface area contributed by atoms with Gasteiger partial charge in [-0.15, -0.1) is 0 Å². The molecule has 10 aromatic rings. The first-order chi connectivity index (χ1) is 24.3. The molecule has 0 bridgehead atoms. The van der Waals surface area contributed by atoms with Crippen molar-refractivity contribution in [3.05, 3.63) is 176 Å². The molecule has 0 unspecified atom stereocenters. The summed E-state index contributed by atoms with van der Waals surface area (Å²) in [7, 11) is 0. The van der Waals surface area contributed by atoms with Crippen LogP contribution in [-0.4, -0.2) is 14.5 Å². The molecule has 0 fully saturated rings. The number of para-hydroxylation sites is 2. The summed E-state index contributed by atoms with van der Waals surface area (Å²) >= 11 is 0. The van der Waals surface area contributed by atoms with Gasteiger partial charge in [0.05, 0.1) is 33.5 Å². The van der Waals surface area contributed by atoms with Crippen LogP contribution in [0.5, 0.6) is 0 Å². The van der Waals surface area contributed by atoms with Crippen LogP contribution in [0, 0.1) is 0 Å². The highest BCUT2D eigenvalue weighted by atomic mass is 15.0. The van der Waals surface area contributed by atoms with Crippen molar-refractivity contribution < 1.29 is 0 Å². The minimum Gasteiger partial charge on any atom is -0.309 e. The zero-order valence-corrected chi connectivity index (χ0v) is 26.6. The number of benzene rings is 8. The third-order valence-corrected chi connectivity index (χ3v) is 9.73. The van der Waals surface area contributed by atoms with Crippen molar-refractivity contribution >= 4 is 54.4 Å². The molecule has 0 saturated carbocycles. The average Bonchev–Trinajstić information content (AvgIpc) is 3.49. The van der Waals surface area contributed by atoms with E-state index in [0.717, 1.165) is 39.2 Å². The summed E-state index contributed by atoms with van der Waals surface area (Å²) < 4.78 is 2.41. The van der Waals surface area contributed by atoms with Crippen molar-refractivity contribution in [1.29, 1.82) is 0 Å². The summed E-state index contributed by atoms with van der Waals surface area (Å²) in [5.41, 5.74) is 11.5. The Morgan fingerprint density at radius 3 is 1.55 bits per heavy atom. The lowest BCUT2D eigenvalue weighted by molar-refractivity contribution is 1.18. The molecule has 228 valence electrons. The standard InChI is InChI=1S/C46H29N3/c1-2-11-31(12-3-1)45-46(48-42-17-9-8-16-41(42)47-45)32-20-23-38(24-21-32)49-43-29-37(36-19-18-30-10-4-5-13-33(30)26-36)22-25-39(43)40-27-34-14-6-7-15-35(34)28-44(40)49/h1-29H. The van der Waals surface area contributed by atoms with Gasteiger partial charge in [0.2, 0.25) is 0 Å². The lowest BCUT2D eigenvalue weighted by atomic mass is 9.99. The highest BCUT2D eigenvalue weighted by molar-refractivity contribution is 6.14. The van der Waals surface area contributed by atoms with E-state index in [1.165, 1.54) is 54.5 Å². The van der Waals surface area contributed by atoms with Crippen LogP contribution in [0.1, 0.15) is 0 Å². The predicted octanol–water partition coefficient (Wildman–Crippen LogP) is 12.0. The monoisotopic (exact) mass is 623 g/mol. The van der Waals surface area contributed by atoms with Gasteiger partial charge in [-0.3, -0.25) is 0 Å². The maximum absolute atomic E-state index is 5.15. The van der Waals surface area contributed by atoms with Crippen LogP contribution in [0.2, 0.25) is 0 Å². The second kappa shape index (κ2) is 11.0. The Labute approximate surface area is 283 Å². The molecule has 0 saturated heterocycles. The van der Waals surface area contributed by atoms with Gasteiger partial charge in [-0.2, -0.15) is 0 Å². The topological polar surface area (TPSA) is 30.7 Å². The molecule has 0 radical (unpaired) electrons. The van der Waals surface area contributed by atoms with Crippen LogP contribution in [0.4, 0.5) is 0 Å². The minimum atomic E-state index is 0.878. The molecule has 3 heteroatoms. The second-order valence-electron chi connectivity index (χ2n) is 12.7. The van der Waals surface area contributed by atoms with Gasteiger partial charge in [-0.25, -0.2) is 9.97 Å². The molecule has 8 aromatic carbocycles. The zero-order valence-electron chi connectivity index (χ0n) is 26.6. The van der Waals surface area contributed by atoms with E-state index in [4.69, 9.17) is 9.97 Å². The van der Waals surface area contributed by atoms with Gasteiger partial charge in [0.15, 0.2) is 0 Å². The molecule has 0 spiro atoms.